The number of aryl methyl sites for hydroxylation is 1. The number of hydrogen-bond donors (Lipinski definition) is 3. The number of carbonyl (C=O) groups excluding carboxylic acids is 1. The van der Waals surface area contributed by atoms with Crippen LogP contribution in [0.5, 0.6) is 0 Å². The first-order chi connectivity index (χ1) is 15.7. The third-order valence-electron chi connectivity index (χ3n) is 4.54. The molecule has 0 bridgehead atoms. The van der Waals surface area contributed by atoms with E-state index in [-0.39, 0.29) is 6.07 Å². The summed E-state index contributed by atoms with van der Waals surface area (Å²) in [5.41, 5.74) is -15.2. The Morgan fingerprint density at radius 3 is 1.86 bits per heavy atom. The van der Waals surface area contributed by atoms with Gasteiger partial charge in [-0.25, -0.2) is 13.6 Å². The second-order valence-corrected chi connectivity index (χ2v) is 6.92. The molecule has 0 aliphatic rings. The number of alkyl halides is 10. The minimum Gasteiger partial charge on any atom is -0.465 e. The minimum atomic E-state index is -6.70. The highest BCUT2D eigenvalue weighted by molar-refractivity contribution is 6.06. The Balaban J connectivity index is 2.68. The summed E-state index contributed by atoms with van der Waals surface area (Å²) < 4.78 is 147. The van der Waals surface area contributed by atoms with Gasteiger partial charge in [0, 0.05) is 5.56 Å². The normalized spacial score (nSPS) is 12.9. The van der Waals surface area contributed by atoms with Crippen molar-refractivity contribution in [1.29, 1.82) is 0 Å². The van der Waals surface area contributed by atoms with Crippen LogP contribution < -0.4 is 10.6 Å². The number of benzene rings is 2. The van der Waals surface area contributed by atoms with Crippen LogP contribution >= 0.6 is 0 Å². The summed E-state index contributed by atoms with van der Waals surface area (Å²) in [4.78, 5) is 23.0. The van der Waals surface area contributed by atoms with Crippen LogP contribution in [0.3, 0.4) is 0 Å². The van der Waals surface area contributed by atoms with Crippen LogP contribution in [0.25, 0.3) is 0 Å². The maximum absolute atomic E-state index is 14.4. The van der Waals surface area contributed by atoms with Gasteiger partial charge in [-0.05, 0) is 30.7 Å². The number of amides is 2. The molecule has 0 aliphatic heterocycles. The van der Waals surface area contributed by atoms with Gasteiger partial charge in [-0.3, -0.25) is 10.1 Å². The van der Waals surface area contributed by atoms with E-state index < -0.39 is 81.7 Å². The van der Waals surface area contributed by atoms with E-state index in [9.17, 15) is 57.9 Å². The predicted octanol–water partition coefficient (Wildman–Crippen LogP) is 6.78. The topological polar surface area (TPSA) is 78.4 Å². The van der Waals surface area contributed by atoms with Crippen molar-refractivity contribution in [2.75, 3.05) is 10.6 Å². The average Bonchev–Trinajstić information content (AvgIpc) is 2.67. The first kappa shape index (κ1) is 27.7. The van der Waals surface area contributed by atoms with Gasteiger partial charge in [0.1, 0.15) is 0 Å². The number of halogens is 11. The Morgan fingerprint density at radius 2 is 1.40 bits per heavy atom. The zero-order valence-electron chi connectivity index (χ0n) is 16.8. The van der Waals surface area contributed by atoms with Gasteiger partial charge in [0.15, 0.2) is 5.82 Å². The lowest BCUT2D eigenvalue weighted by atomic mass is 9.90. The maximum atomic E-state index is 14.4. The predicted molar refractivity (Wildman–Crippen MR) is 97.1 cm³/mol. The van der Waals surface area contributed by atoms with E-state index in [1.54, 1.807) is 5.32 Å². The van der Waals surface area contributed by atoms with Crippen LogP contribution in [0.1, 0.15) is 27.0 Å². The number of rotatable bonds is 4. The number of carboxylic acid groups (broad SMARTS) is 1. The fourth-order valence-corrected chi connectivity index (χ4v) is 2.96. The van der Waals surface area contributed by atoms with Gasteiger partial charge in [0.2, 0.25) is 0 Å². The molecule has 5 nitrogen and oxygen atoms in total. The van der Waals surface area contributed by atoms with E-state index >= 15 is 0 Å². The third-order valence-corrected chi connectivity index (χ3v) is 4.54. The van der Waals surface area contributed by atoms with E-state index in [1.165, 1.54) is 5.32 Å². The Kier molecular flexibility index (Phi) is 7.02. The molecule has 0 heterocycles. The lowest BCUT2D eigenvalue weighted by Gasteiger charge is -2.31. The van der Waals surface area contributed by atoms with Gasteiger partial charge in [0.05, 0.1) is 22.5 Å². The summed E-state index contributed by atoms with van der Waals surface area (Å²) in [5.74, 6) is -3.22. The van der Waals surface area contributed by atoms with Crippen LogP contribution in [0.15, 0.2) is 30.3 Å². The summed E-state index contributed by atoms with van der Waals surface area (Å²) >= 11 is 0. The molecule has 0 unspecified atom stereocenters. The first-order valence-corrected chi connectivity index (χ1v) is 8.86. The Morgan fingerprint density at radius 1 is 0.857 bits per heavy atom. The highest BCUT2D eigenvalue weighted by Gasteiger charge is 2.73. The molecule has 0 fully saturated rings. The summed E-state index contributed by atoms with van der Waals surface area (Å²) in [7, 11) is 0. The van der Waals surface area contributed by atoms with Crippen molar-refractivity contribution in [3.8, 4) is 0 Å². The molecule has 0 spiro atoms. The van der Waals surface area contributed by atoms with Crippen molar-refractivity contribution in [3.05, 3.63) is 58.4 Å². The van der Waals surface area contributed by atoms with Crippen molar-refractivity contribution in [1.82, 2.24) is 0 Å². The van der Waals surface area contributed by atoms with Gasteiger partial charge in [-0.1, -0.05) is 12.1 Å². The van der Waals surface area contributed by atoms with E-state index in [0.717, 1.165) is 12.1 Å². The minimum absolute atomic E-state index is 0.190. The fraction of sp³-hybridized carbons (Fsp3) is 0.263. The first-order valence-electron chi connectivity index (χ1n) is 8.86. The summed E-state index contributed by atoms with van der Waals surface area (Å²) in [6.07, 6.45) is -20.9. The second kappa shape index (κ2) is 8.88. The van der Waals surface area contributed by atoms with Crippen molar-refractivity contribution in [3.63, 3.8) is 0 Å². The number of anilines is 2. The van der Waals surface area contributed by atoms with E-state index in [4.69, 9.17) is 5.11 Å². The van der Waals surface area contributed by atoms with Gasteiger partial charge in [0.25, 0.3) is 5.91 Å². The fourth-order valence-electron chi connectivity index (χ4n) is 2.96. The van der Waals surface area contributed by atoms with Gasteiger partial charge < -0.3 is 10.4 Å². The van der Waals surface area contributed by atoms with Gasteiger partial charge >= 0.3 is 30.3 Å². The van der Waals surface area contributed by atoms with Gasteiger partial charge in [-0.15, -0.1) is 0 Å². The molecule has 0 aromatic heterocycles. The third kappa shape index (κ3) is 5.24. The zero-order chi connectivity index (χ0) is 27.1. The lowest BCUT2D eigenvalue weighted by molar-refractivity contribution is -0.348. The molecule has 0 saturated carbocycles. The molecular weight excluding hydrogens is 513 g/mol. The van der Waals surface area contributed by atoms with Crippen molar-refractivity contribution in [2.45, 2.75) is 31.1 Å². The maximum Gasteiger partial charge on any atom is 0.435 e. The van der Waals surface area contributed by atoms with Crippen molar-refractivity contribution >= 4 is 23.4 Å². The van der Waals surface area contributed by atoms with Crippen LogP contribution in [-0.4, -0.2) is 29.5 Å². The van der Waals surface area contributed by atoms with Gasteiger partial charge in [-0.2, -0.15) is 39.5 Å². The van der Waals surface area contributed by atoms with E-state index in [2.05, 4.69) is 0 Å². The Hall–Kier alpha value is -3.59. The van der Waals surface area contributed by atoms with E-state index in [1.807, 2.05) is 0 Å². The molecule has 0 atom stereocenters. The molecule has 2 aromatic rings. The molecule has 16 heteroatoms. The lowest BCUT2D eigenvalue weighted by Crippen LogP contribution is -2.50. The molecule has 0 saturated heterocycles. The molecule has 3 N–H and O–H groups in total. The highest BCUT2D eigenvalue weighted by atomic mass is 19.4. The second-order valence-electron chi connectivity index (χ2n) is 6.92. The molecule has 0 radical (unpaired) electrons. The van der Waals surface area contributed by atoms with Crippen LogP contribution in [-0.2, 0) is 11.8 Å². The Bertz CT molecular complexity index is 1140. The molecule has 0 aliphatic carbocycles. The zero-order valence-corrected chi connectivity index (χ0v) is 16.8. The highest BCUT2D eigenvalue weighted by Crippen LogP contribution is 2.54. The monoisotopic (exact) mass is 524 g/mol. The van der Waals surface area contributed by atoms with Crippen molar-refractivity contribution in [2.24, 2.45) is 0 Å². The van der Waals surface area contributed by atoms with Crippen molar-refractivity contribution < 1.29 is 63.0 Å². The SMILES string of the molecule is Cc1cc(C(F)(C(F)(F)F)C(F)(F)F)cc(C(F)(F)F)c1NC(=O)c1cccc(NC(=O)O)c1F. The molecular formula is C19H11F11N2O3. The number of hydrogen-bond acceptors (Lipinski definition) is 2. The number of nitrogens with one attached hydrogen (secondary N) is 2. The summed E-state index contributed by atoms with van der Waals surface area (Å²) in [5, 5.41) is 11.7. The molecule has 2 amide bonds. The number of carbonyl (C=O) groups is 2. The molecule has 2 rings (SSSR count). The van der Waals surface area contributed by atoms with E-state index in [0.29, 0.717) is 13.0 Å². The molecule has 192 valence electrons. The standard InChI is InChI=1S/C19H11F11N2O3/c1-7-5-8(16(21,18(25,26)27)19(28,29)30)6-10(17(22,23)24)13(7)32-14(33)9-3-2-4-11(12(9)20)31-15(34)35/h2-6,31H,1H3,(H,32,33)(H,34,35). The summed E-state index contributed by atoms with van der Waals surface area (Å²) in [6.45, 7) is 0.556. The smallest absolute Gasteiger partial charge is 0.435 e. The Labute approximate surface area is 187 Å². The van der Waals surface area contributed by atoms with Crippen LogP contribution in [0.4, 0.5) is 64.5 Å². The van der Waals surface area contributed by atoms with Crippen LogP contribution in [0.2, 0.25) is 0 Å². The molecule has 2 aromatic carbocycles. The van der Waals surface area contributed by atoms with Crippen LogP contribution in [0, 0.1) is 12.7 Å². The summed E-state index contributed by atoms with van der Waals surface area (Å²) in [6, 6.07) is 1.52. The largest absolute Gasteiger partial charge is 0.465 e. The average molecular weight is 524 g/mol. The molecule has 35 heavy (non-hydrogen) atoms. The quantitative estimate of drug-likeness (QED) is 0.386.